The number of carbonyl (C=O) groups is 2. The maximum atomic E-state index is 11.7. The normalized spacial score (nSPS) is 10.3. The third-order valence-electron chi connectivity index (χ3n) is 2.09. The molecule has 0 aromatic carbocycles. The molecule has 1 rings (SSSR count). The Hall–Kier alpha value is -1.93. The number of carboxylic acid groups (broad SMARTS) is 1. The molecular formula is C10H14N2O6. The lowest BCUT2D eigenvalue weighted by Crippen LogP contribution is -2.30. The molecule has 0 saturated heterocycles. The molecule has 0 spiro atoms. The third-order valence-corrected chi connectivity index (χ3v) is 2.09. The molecule has 1 aromatic rings. The van der Waals surface area contributed by atoms with Gasteiger partial charge in [0.15, 0.2) is 5.69 Å². The first-order chi connectivity index (χ1) is 8.56. The second-order valence-corrected chi connectivity index (χ2v) is 3.44. The zero-order valence-electron chi connectivity index (χ0n) is 9.83. The van der Waals surface area contributed by atoms with Crippen molar-refractivity contribution in [1.29, 1.82) is 0 Å². The van der Waals surface area contributed by atoms with Gasteiger partial charge >= 0.3 is 5.97 Å². The molecule has 0 aliphatic rings. The standard InChI is InChI=1S/C10H14N2O6/c1-12(2-4-17-5-3-13)9(14)7-6-8(10(15)16)18-11-7/h6,13H,2-5H2,1H3,(H,15,16). The van der Waals surface area contributed by atoms with Crippen molar-refractivity contribution < 1.29 is 29.1 Å². The summed E-state index contributed by atoms with van der Waals surface area (Å²) in [6.07, 6.45) is 0. The molecule has 18 heavy (non-hydrogen) atoms. The van der Waals surface area contributed by atoms with Crippen LogP contribution in [-0.2, 0) is 4.74 Å². The van der Waals surface area contributed by atoms with Crippen molar-refractivity contribution in [2.45, 2.75) is 0 Å². The molecule has 0 fully saturated rings. The van der Waals surface area contributed by atoms with Crippen molar-refractivity contribution in [3.05, 3.63) is 17.5 Å². The van der Waals surface area contributed by atoms with Gasteiger partial charge in [0.2, 0.25) is 5.76 Å². The minimum atomic E-state index is -1.28. The van der Waals surface area contributed by atoms with Gasteiger partial charge in [-0.25, -0.2) is 4.79 Å². The molecule has 0 radical (unpaired) electrons. The smallest absolute Gasteiger partial charge is 0.374 e. The van der Waals surface area contributed by atoms with E-state index in [9.17, 15) is 9.59 Å². The lowest BCUT2D eigenvalue weighted by atomic mass is 10.3. The number of aliphatic hydroxyl groups is 1. The zero-order chi connectivity index (χ0) is 13.5. The van der Waals surface area contributed by atoms with Crippen molar-refractivity contribution in [3.8, 4) is 0 Å². The Kier molecular flexibility index (Phi) is 5.28. The van der Waals surface area contributed by atoms with Crippen LogP contribution in [0.4, 0.5) is 0 Å². The van der Waals surface area contributed by atoms with E-state index in [0.717, 1.165) is 6.07 Å². The number of amides is 1. The molecule has 8 nitrogen and oxygen atoms in total. The van der Waals surface area contributed by atoms with Crippen LogP contribution in [0.5, 0.6) is 0 Å². The Balaban J connectivity index is 2.49. The van der Waals surface area contributed by atoms with Gasteiger partial charge in [-0.3, -0.25) is 4.79 Å². The Labute approximate surface area is 103 Å². The molecule has 100 valence electrons. The van der Waals surface area contributed by atoms with Gasteiger partial charge in [-0.15, -0.1) is 0 Å². The van der Waals surface area contributed by atoms with E-state index < -0.39 is 11.9 Å². The van der Waals surface area contributed by atoms with Crippen LogP contribution in [0.15, 0.2) is 10.6 Å². The van der Waals surface area contributed by atoms with Gasteiger partial charge < -0.3 is 24.4 Å². The average molecular weight is 258 g/mol. The van der Waals surface area contributed by atoms with Gasteiger partial charge in [-0.2, -0.15) is 0 Å². The maximum absolute atomic E-state index is 11.7. The van der Waals surface area contributed by atoms with E-state index in [1.165, 1.54) is 11.9 Å². The highest BCUT2D eigenvalue weighted by molar-refractivity contribution is 5.94. The summed E-state index contributed by atoms with van der Waals surface area (Å²) in [7, 11) is 1.53. The van der Waals surface area contributed by atoms with Gasteiger partial charge in [0.1, 0.15) is 0 Å². The summed E-state index contributed by atoms with van der Waals surface area (Å²) < 4.78 is 9.48. The van der Waals surface area contributed by atoms with Crippen molar-refractivity contribution in [2.75, 3.05) is 33.4 Å². The lowest BCUT2D eigenvalue weighted by Gasteiger charge is -2.15. The van der Waals surface area contributed by atoms with Crippen molar-refractivity contribution in [1.82, 2.24) is 10.1 Å². The van der Waals surface area contributed by atoms with Crippen LogP contribution < -0.4 is 0 Å². The van der Waals surface area contributed by atoms with E-state index in [1.807, 2.05) is 0 Å². The Bertz CT molecular complexity index is 416. The highest BCUT2D eigenvalue weighted by Crippen LogP contribution is 2.06. The summed E-state index contributed by atoms with van der Waals surface area (Å²) in [5.74, 6) is -2.13. The summed E-state index contributed by atoms with van der Waals surface area (Å²) in [6.45, 7) is 0.693. The van der Waals surface area contributed by atoms with E-state index >= 15 is 0 Å². The quantitative estimate of drug-likeness (QED) is 0.631. The van der Waals surface area contributed by atoms with Crippen molar-refractivity contribution in [2.24, 2.45) is 0 Å². The molecule has 0 aliphatic heterocycles. The summed E-state index contributed by atoms with van der Waals surface area (Å²) in [5.41, 5.74) is -0.0722. The third kappa shape index (κ3) is 3.82. The second-order valence-electron chi connectivity index (χ2n) is 3.44. The topological polar surface area (TPSA) is 113 Å². The number of ether oxygens (including phenoxy) is 1. The van der Waals surface area contributed by atoms with Crippen LogP contribution in [0, 0.1) is 0 Å². The first kappa shape index (κ1) is 14.1. The molecule has 0 unspecified atom stereocenters. The van der Waals surface area contributed by atoms with Gasteiger partial charge in [0.25, 0.3) is 5.91 Å². The first-order valence-electron chi connectivity index (χ1n) is 5.20. The van der Waals surface area contributed by atoms with Gasteiger partial charge in [0.05, 0.1) is 19.8 Å². The molecule has 8 heteroatoms. The molecule has 0 aliphatic carbocycles. The van der Waals surface area contributed by atoms with E-state index in [2.05, 4.69) is 9.68 Å². The van der Waals surface area contributed by atoms with E-state index in [1.54, 1.807) is 0 Å². The molecule has 0 bridgehead atoms. The number of hydrogen-bond donors (Lipinski definition) is 2. The number of nitrogens with zero attached hydrogens (tertiary/aromatic N) is 2. The Morgan fingerprint density at radius 3 is 2.78 bits per heavy atom. The van der Waals surface area contributed by atoms with E-state index in [-0.39, 0.29) is 31.3 Å². The fourth-order valence-electron chi connectivity index (χ4n) is 1.14. The number of aliphatic hydroxyl groups excluding tert-OH is 1. The van der Waals surface area contributed by atoms with Crippen molar-refractivity contribution >= 4 is 11.9 Å². The Morgan fingerprint density at radius 2 is 2.22 bits per heavy atom. The monoisotopic (exact) mass is 258 g/mol. The predicted octanol–water partition coefficient (Wildman–Crippen LogP) is -0.546. The van der Waals surface area contributed by atoms with Crippen LogP contribution in [0.25, 0.3) is 0 Å². The van der Waals surface area contributed by atoms with Crippen LogP contribution in [0.1, 0.15) is 21.0 Å². The Morgan fingerprint density at radius 1 is 1.50 bits per heavy atom. The second kappa shape index (κ2) is 6.72. The maximum Gasteiger partial charge on any atom is 0.374 e. The number of hydrogen-bond acceptors (Lipinski definition) is 6. The lowest BCUT2D eigenvalue weighted by molar-refractivity contribution is 0.0607. The summed E-state index contributed by atoms with van der Waals surface area (Å²) in [5, 5.41) is 20.5. The number of aromatic nitrogens is 1. The van der Waals surface area contributed by atoms with Gasteiger partial charge in [-0.1, -0.05) is 5.16 Å². The highest BCUT2D eigenvalue weighted by Gasteiger charge is 2.19. The van der Waals surface area contributed by atoms with E-state index in [0.29, 0.717) is 6.54 Å². The predicted molar refractivity (Wildman–Crippen MR) is 58.3 cm³/mol. The molecule has 1 amide bonds. The summed E-state index contributed by atoms with van der Waals surface area (Å²) in [4.78, 5) is 23.6. The molecule has 2 N–H and O–H groups in total. The fraction of sp³-hybridized carbons (Fsp3) is 0.500. The highest BCUT2D eigenvalue weighted by atomic mass is 16.5. The number of rotatable bonds is 7. The zero-order valence-corrected chi connectivity index (χ0v) is 9.83. The minimum Gasteiger partial charge on any atom is -0.475 e. The minimum absolute atomic E-state index is 0.0722. The molecule has 1 heterocycles. The van der Waals surface area contributed by atoms with Crippen LogP contribution in [0.2, 0.25) is 0 Å². The molecule has 0 saturated carbocycles. The molecule has 0 atom stereocenters. The largest absolute Gasteiger partial charge is 0.475 e. The van der Waals surface area contributed by atoms with Gasteiger partial charge in [0, 0.05) is 19.7 Å². The van der Waals surface area contributed by atoms with Crippen LogP contribution in [-0.4, -0.2) is 65.6 Å². The number of aromatic carboxylic acids is 1. The summed E-state index contributed by atoms with van der Waals surface area (Å²) >= 11 is 0. The van der Waals surface area contributed by atoms with Crippen LogP contribution >= 0.6 is 0 Å². The number of likely N-dealkylation sites (N-methyl/N-ethyl adjacent to an activating group) is 1. The number of carbonyl (C=O) groups excluding carboxylic acids is 1. The first-order valence-corrected chi connectivity index (χ1v) is 5.20. The van der Waals surface area contributed by atoms with Crippen LogP contribution in [0.3, 0.4) is 0 Å². The van der Waals surface area contributed by atoms with Gasteiger partial charge in [-0.05, 0) is 0 Å². The summed E-state index contributed by atoms with van der Waals surface area (Å²) in [6, 6.07) is 1.07. The SMILES string of the molecule is CN(CCOCCO)C(=O)c1cc(C(=O)O)on1. The van der Waals surface area contributed by atoms with E-state index in [4.69, 9.17) is 14.9 Å². The fourth-order valence-corrected chi connectivity index (χ4v) is 1.14. The number of carboxylic acids is 1. The average Bonchev–Trinajstić information content (AvgIpc) is 2.83. The van der Waals surface area contributed by atoms with Crippen molar-refractivity contribution in [3.63, 3.8) is 0 Å². The molecular weight excluding hydrogens is 244 g/mol. The molecule has 1 aromatic heterocycles.